The van der Waals surface area contributed by atoms with E-state index < -0.39 is 39.5 Å². The minimum absolute atomic E-state index is 0.0167. The third kappa shape index (κ3) is 10.8. The molecule has 0 bridgehead atoms. The third-order valence-electron chi connectivity index (χ3n) is 5.72. The van der Waals surface area contributed by atoms with Gasteiger partial charge in [-0.2, -0.15) is 0 Å². The number of carbonyl (C=O) groups excluding carboxylic acids is 1. The van der Waals surface area contributed by atoms with Gasteiger partial charge in [0.15, 0.2) is 9.84 Å². The van der Waals surface area contributed by atoms with Gasteiger partial charge in [-0.05, 0) is 48.1 Å². The molecule has 0 spiro atoms. The molecule has 1 amide bonds. The van der Waals surface area contributed by atoms with E-state index in [9.17, 15) is 27.1 Å². The maximum absolute atomic E-state index is 13.7. The lowest BCUT2D eigenvalue weighted by Gasteiger charge is -2.25. The molecule has 0 aliphatic rings. The van der Waals surface area contributed by atoms with Crippen LogP contribution in [0.1, 0.15) is 49.8 Å². The lowest BCUT2D eigenvalue weighted by Crippen LogP contribution is -2.49. The van der Waals surface area contributed by atoms with Crippen LogP contribution in [-0.4, -0.2) is 49.6 Å². The fraction of sp³-hybridized carbons (Fsp3) is 0.500. The van der Waals surface area contributed by atoms with Crippen LogP contribution in [0, 0.1) is 11.6 Å². The van der Waals surface area contributed by atoms with E-state index in [4.69, 9.17) is 0 Å². The van der Waals surface area contributed by atoms with Gasteiger partial charge in [-0.1, -0.05) is 44.5 Å². The van der Waals surface area contributed by atoms with Crippen LogP contribution in [0.25, 0.3) is 0 Å². The first-order valence-corrected chi connectivity index (χ1v) is 13.8. The van der Waals surface area contributed by atoms with Crippen molar-refractivity contribution in [3.05, 3.63) is 70.8 Å². The standard InChI is InChI=1S/C26H36F2N2O4S/c1-3-5-10-35(33,34)11-9-26(32)30-24(15-21-13-22(27)16-23(28)14-21)25(31)18-29-17-20-8-6-7-19(4-2)12-20/h6-8,12-14,16,24-25,29,31H,3-5,9-11,15,17-18H2,1-2H3,(H,30,32)/t24-,25-/m0/s1. The van der Waals surface area contributed by atoms with E-state index >= 15 is 0 Å². The smallest absolute Gasteiger partial charge is 0.221 e. The minimum atomic E-state index is -3.35. The lowest BCUT2D eigenvalue weighted by atomic mass is 10.0. The Labute approximate surface area is 207 Å². The molecule has 6 nitrogen and oxygen atoms in total. The summed E-state index contributed by atoms with van der Waals surface area (Å²) in [4.78, 5) is 12.5. The first-order chi connectivity index (χ1) is 16.6. The van der Waals surface area contributed by atoms with Gasteiger partial charge in [0, 0.05) is 25.6 Å². The van der Waals surface area contributed by atoms with Crippen LogP contribution in [0.4, 0.5) is 8.78 Å². The molecule has 35 heavy (non-hydrogen) atoms. The van der Waals surface area contributed by atoms with Crippen molar-refractivity contribution in [2.45, 2.75) is 64.6 Å². The number of aliphatic hydroxyl groups excluding tert-OH is 1. The van der Waals surface area contributed by atoms with E-state index in [2.05, 4.69) is 23.6 Å². The number of unbranched alkanes of at least 4 members (excludes halogenated alkanes) is 1. The molecule has 2 rings (SSSR count). The highest BCUT2D eigenvalue weighted by Gasteiger charge is 2.23. The first kappa shape index (κ1) is 28.9. The number of benzene rings is 2. The number of sulfone groups is 1. The molecule has 2 atom stereocenters. The van der Waals surface area contributed by atoms with Gasteiger partial charge in [0.2, 0.25) is 5.91 Å². The summed E-state index contributed by atoms with van der Waals surface area (Å²) in [5.41, 5.74) is 2.51. The van der Waals surface area contributed by atoms with Gasteiger partial charge in [-0.15, -0.1) is 0 Å². The van der Waals surface area contributed by atoms with Crippen LogP contribution >= 0.6 is 0 Å². The lowest BCUT2D eigenvalue weighted by molar-refractivity contribution is -0.122. The summed E-state index contributed by atoms with van der Waals surface area (Å²) in [6.07, 6.45) is 0.837. The summed E-state index contributed by atoms with van der Waals surface area (Å²) >= 11 is 0. The van der Waals surface area contributed by atoms with Crippen LogP contribution in [0.2, 0.25) is 0 Å². The van der Waals surface area contributed by atoms with Crippen molar-refractivity contribution < 1.29 is 27.1 Å². The van der Waals surface area contributed by atoms with Crippen molar-refractivity contribution in [3.8, 4) is 0 Å². The van der Waals surface area contributed by atoms with E-state index in [1.54, 1.807) is 0 Å². The van der Waals surface area contributed by atoms with Gasteiger partial charge < -0.3 is 15.7 Å². The predicted molar refractivity (Wildman–Crippen MR) is 134 cm³/mol. The zero-order valence-corrected chi connectivity index (χ0v) is 21.2. The van der Waals surface area contributed by atoms with Crippen LogP contribution in [0.15, 0.2) is 42.5 Å². The Kier molecular flexibility index (Phi) is 11.8. The van der Waals surface area contributed by atoms with E-state index in [1.165, 1.54) is 5.56 Å². The van der Waals surface area contributed by atoms with Crippen molar-refractivity contribution in [3.63, 3.8) is 0 Å². The Morgan fingerprint density at radius 1 is 1.00 bits per heavy atom. The summed E-state index contributed by atoms with van der Waals surface area (Å²) < 4.78 is 51.5. The number of aryl methyl sites for hydroxylation is 1. The Morgan fingerprint density at radius 2 is 1.69 bits per heavy atom. The fourth-order valence-corrected chi connectivity index (χ4v) is 5.15. The number of carbonyl (C=O) groups is 1. The second-order valence-corrected chi connectivity index (χ2v) is 11.1. The van der Waals surface area contributed by atoms with E-state index in [1.807, 2.05) is 25.1 Å². The van der Waals surface area contributed by atoms with Gasteiger partial charge in [-0.25, -0.2) is 17.2 Å². The van der Waals surface area contributed by atoms with Crippen molar-refractivity contribution >= 4 is 15.7 Å². The number of rotatable bonds is 15. The van der Waals surface area contributed by atoms with E-state index in [0.717, 1.165) is 36.6 Å². The van der Waals surface area contributed by atoms with Crippen molar-refractivity contribution in [2.24, 2.45) is 0 Å². The number of hydrogen-bond acceptors (Lipinski definition) is 5. The van der Waals surface area contributed by atoms with Crippen molar-refractivity contribution in [1.82, 2.24) is 10.6 Å². The number of nitrogens with one attached hydrogen (secondary N) is 2. The van der Waals surface area contributed by atoms with Gasteiger partial charge in [0.25, 0.3) is 0 Å². The van der Waals surface area contributed by atoms with Gasteiger partial charge >= 0.3 is 0 Å². The van der Waals surface area contributed by atoms with Crippen molar-refractivity contribution in [2.75, 3.05) is 18.1 Å². The SMILES string of the molecule is CCCCS(=O)(=O)CCC(=O)N[C@@H](Cc1cc(F)cc(F)c1)[C@@H](O)CNCc1cccc(CC)c1. The maximum atomic E-state index is 13.7. The summed E-state index contributed by atoms with van der Waals surface area (Å²) in [5, 5.41) is 16.6. The van der Waals surface area contributed by atoms with Gasteiger partial charge in [0.05, 0.1) is 23.7 Å². The molecule has 0 aromatic heterocycles. The average Bonchev–Trinajstić information content (AvgIpc) is 2.80. The second-order valence-electron chi connectivity index (χ2n) is 8.78. The highest BCUT2D eigenvalue weighted by molar-refractivity contribution is 7.91. The summed E-state index contributed by atoms with van der Waals surface area (Å²) in [5.74, 6) is -2.32. The van der Waals surface area contributed by atoms with E-state index in [-0.39, 0.29) is 36.5 Å². The normalized spacial score (nSPS) is 13.4. The van der Waals surface area contributed by atoms with Crippen LogP contribution < -0.4 is 10.6 Å². The summed E-state index contributed by atoms with van der Waals surface area (Å²) in [6, 6.07) is 10.2. The predicted octanol–water partition coefficient (Wildman–Crippen LogP) is 3.31. The van der Waals surface area contributed by atoms with Gasteiger partial charge in [0.1, 0.15) is 11.6 Å². The molecule has 0 aliphatic heterocycles. The van der Waals surface area contributed by atoms with E-state index in [0.29, 0.717) is 13.0 Å². The van der Waals surface area contributed by atoms with Crippen LogP contribution in [-0.2, 0) is 34.0 Å². The second kappa shape index (κ2) is 14.3. The Bertz CT molecular complexity index is 1040. The summed E-state index contributed by atoms with van der Waals surface area (Å²) in [6.45, 7) is 4.57. The number of hydrogen-bond donors (Lipinski definition) is 3. The molecular weight excluding hydrogens is 474 g/mol. The number of aliphatic hydroxyl groups is 1. The Hall–Kier alpha value is -2.36. The first-order valence-electron chi connectivity index (χ1n) is 12.0. The van der Waals surface area contributed by atoms with Gasteiger partial charge in [-0.3, -0.25) is 4.79 Å². The molecule has 0 aliphatic carbocycles. The Balaban J connectivity index is 2.03. The average molecular weight is 511 g/mol. The quantitative estimate of drug-likeness (QED) is 0.342. The zero-order valence-electron chi connectivity index (χ0n) is 20.4. The topological polar surface area (TPSA) is 95.5 Å². The van der Waals surface area contributed by atoms with Crippen molar-refractivity contribution in [1.29, 1.82) is 0 Å². The van der Waals surface area contributed by atoms with Crippen LogP contribution in [0.3, 0.4) is 0 Å². The number of amides is 1. The summed E-state index contributed by atoms with van der Waals surface area (Å²) in [7, 11) is -3.35. The monoisotopic (exact) mass is 510 g/mol. The Morgan fingerprint density at radius 3 is 2.34 bits per heavy atom. The van der Waals surface area contributed by atoms with Crippen LogP contribution in [0.5, 0.6) is 0 Å². The molecule has 0 heterocycles. The molecule has 9 heteroatoms. The highest BCUT2D eigenvalue weighted by Crippen LogP contribution is 2.13. The molecule has 0 radical (unpaired) electrons. The minimum Gasteiger partial charge on any atom is -0.390 e. The molecule has 0 unspecified atom stereocenters. The molecule has 0 saturated heterocycles. The number of halogens is 2. The molecule has 194 valence electrons. The molecule has 0 saturated carbocycles. The molecular formula is C26H36F2N2O4S. The third-order valence-corrected chi connectivity index (χ3v) is 7.46. The maximum Gasteiger partial charge on any atom is 0.221 e. The largest absolute Gasteiger partial charge is 0.390 e. The fourth-order valence-electron chi connectivity index (χ4n) is 3.73. The zero-order chi connectivity index (χ0) is 25.8. The molecule has 2 aromatic rings. The molecule has 3 N–H and O–H groups in total. The molecule has 0 fully saturated rings. The molecule has 2 aromatic carbocycles. The highest BCUT2D eigenvalue weighted by atomic mass is 32.2.